The third-order valence-corrected chi connectivity index (χ3v) is 4.87. The number of amides is 2. The molecule has 0 spiro atoms. The minimum Gasteiger partial charge on any atom is -0.492 e. The summed E-state index contributed by atoms with van der Waals surface area (Å²) in [6.45, 7) is 0.756. The quantitative estimate of drug-likeness (QED) is 0.662. The van der Waals surface area contributed by atoms with Gasteiger partial charge in [-0.05, 0) is 40.2 Å². The molecule has 2 N–H and O–H groups in total. The number of ether oxygens (including phenoxy) is 3. The van der Waals surface area contributed by atoms with Crippen LogP contribution in [0.3, 0.4) is 0 Å². The van der Waals surface area contributed by atoms with E-state index in [1.54, 1.807) is 30.3 Å². The molecule has 2 amide bonds. The molecule has 2 aromatic rings. The fraction of sp³-hybridized carbons (Fsp3) is 0.250. The van der Waals surface area contributed by atoms with E-state index in [1.807, 2.05) is 0 Å². The topological polar surface area (TPSA) is 85.9 Å². The predicted molar refractivity (Wildman–Crippen MR) is 95.4 cm³/mol. The maximum absolute atomic E-state index is 11.8. The highest BCUT2D eigenvalue weighted by atomic mass is 79.9. The minimum atomic E-state index is -0.279. The number of rotatable bonds is 7. The van der Waals surface area contributed by atoms with Gasteiger partial charge in [-0.15, -0.1) is 11.3 Å². The summed E-state index contributed by atoms with van der Waals surface area (Å²) < 4.78 is 16.9. The van der Waals surface area contributed by atoms with Crippen LogP contribution in [0.1, 0.15) is 9.67 Å². The van der Waals surface area contributed by atoms with Crippen molar-refractivity contribution in [3.8, 4) is 17.2 Å². The second-order valence-corrected chi connectivity index (χ2v) is 7.46. The maximum Gasteiger partial charge on any atom is 0.261 e. The van der Waals surface area contributed by atoms with Gasteiger partial charge < -0.3 is 24.8 Å². The van der Waals surface area contributed by atoms with Crippen molar-refractivity contribution in [3.63, 3.8) is 0 Å². The molecular weight excluding hydrogens is 412 g/mol. The zero-order valence-corrected chi connectivity index (χ0v) is 15.4. The predicted octanol–water partition coefficient (Wildman–Crippen LogP) is 2.16. The van der Waals surface area contributed by atoms with E-state index in [2.05, 4.69) is 26.6 Å². The fourth-order valence-electron chi connectivity index (χ4n) is 2.07. The van der Waals surface area contributed by atoms with Crippen LogP contribution in [0.4, 0.5) is 0 Å². The Hall–Kier alpha value is -2.26. The summed E-state index contributed by atoms with van der Waals surface area (Å²) in [4.78, 5) is 24.1. The van der Waals surface area contributed by atoms with Crippen molar-refractivity contribution in [3.05, 3.63) is 39.0 Å². The van der Waals surface area contributed by atoms with Crippen LogP contribution in [-0.4, -0.2) is 38.3 Å². The van der Waals surface area contributed by atoms with Crippen molar-refractivity contribution < 1.29 is 23.8 Å². The van der Waals surface area contributed by atoms with Gasteiger partial charge in [-0.2, -0.15) is 0 Å². The molecule has 1 aromatic carbocycles. The molecule has 3 rings (SSSR count). The molecule has 0 bridgehead atoms. The van der Waals surface area contributed by atoms with Gasteiger partial charge in [0.05, 0.1) is 21.8 Å². The minimum absolute atomic E-state index is 0.0849. The SMILES string of the molecule is O=C(CNC(=O)c1ccc(Br)s1)NCCOc1ccc2c(c1)OCO2. The molecule has 1 aliphatic heterocycles. The van der Waals surface area contributed by atoms with Crippen molar-refractivity contribution in [2.24, 2.45) is 0 Å². The first-order valence-electron chi connectivity index (χ1n) is 7.44. The van der Waals surface area contributed by atoms with E-state index in [-0.39, 0.29) is 25.2 Å². The molecule has 0 unspecified atom stereocenters. The van der Waals surface area contributed by atoms with Gasteiger partial charge in [-0.3, -0.25) is 9.59 Å². The van der Waals surface area contributed by atoms with Gasteiger partial charge in [0.1, 0.15) is 12.4 Å². The van der Waals surface area contributed by atoms with Gasteiger partial charge in [0.2, 0.25) is 12.7 Å². The van der Waals surface area contributed by atoms with Crippen LogP contribution < -0.4 is 24.8 Å². The van der Waals surface area contributed by atoms with Gasteiger partial charge in [-0.25, -0.2) is 0 Å². The lowest BCUT2D eigenvalue weighted by Crippen LogP contribution is -2.38. The zero-order valence-electron chi connectivity index (χ0n) is 13.0. The lowest BCUT2D eigenvalue weighted by Gasteiger charge is -2.09. The molecular formula is C16H15BrN2O5S. The molecule has 9 heteroatoms. The van der Waals surface area contributed by atoms with Gasteiger partial charge in [0.15, 0.2) is 11.5 Å². The summed E-state index contributed by atoms with van der Waals surface area (Å²) >= 11 is 4.60. The van der Waals surface area contributed by atoms with Crippen LogP contribution in [0.2, 0.25) is 0 Å². The summed E-state index contributed by atoms with van der Waals surface area (Å²) in [6, 6.07) is 8.77. The number of thiophene rings is 1. The summed E-state index contributed by atoms with van der Waals surface area (Å²) in [5.74, 6) is 1.41. The number of hydrogen-bond donors (Lipinski definition) is 2. The average molecular weight is 427 g/mol. The third kappa shape index (κ3) is 4.86. The largest absolute Gasteiger partial charge is 0.492 e. The van der Waals surface area contributed by atoms with E-state index in [4.69, 9.17) is 14.2 Å². The Bertz CT molecular complexity index is 780. The normalized spacial score (nSPS) is 11.9. The molecule has 0 fully saturated rings. The van der Waals surface area contributed by atoms with Gasteiger partial charge in [0, 0.05) is 6.07 Å². The number of halogens is 1. The second-order valence-electron chi connectivity index (χ2n) is 5.00. The Kier molecular flexibility index (Phi) is 5.77. The maximum atomic E-state index is 11.8. The highest BCUT2D eigenvalue weighted by Crippen LogP contribution is 2.34. The van der Waals surface area contributed by atoms with Crippen molar-refractivity contribution >= 4 is 39.1 Å². The first-order valence-corrected chi connectivity index (χ1v) is 9.05. The number of hydrogen-bond acceptors (Lipinski definition) is 6. The fourth-order valence-corrected chi connectivity index (χ4v) is 3.37. The zero-order chi connectivity index (χ0) is 17.6. The van der Waals surface area contributed by atoms with Crippen molar-refractivity contribution in [1.82, 2.24) is 10.6 Å². The molecule has 2 heterocycles. The van der Waals surface area contributed by atoms with Gasteiger partial charge in [-0.1, -0.05) is 0 Å². The Morgan fingerprint density at radius 3 is 2.80 bits per heavy atom. The molecule has 25 heavy (non-hydrogen) atoms. The van der Waals surface area contributed by atoms with Crippen LogP contribution in [0, 0.1) is 0 Å². The monoisotopic (exact) mass is 426 g/mol. The molecule has 0 aliphatic carbocycles. The van der Waals surface area contributed by atoms with Gasteiger partial charge >= 0.3 is 0 Å². The number of fused-ring (bicyclic) bond motifs is 1. The van der Waals surface area contributed by atoms with Crippen LogP contribution >= 0.6 is 27.3 Å². The lowest BCUT2D eigenvalue weighted by atomic mass is 10.3. The average Bonchev–Trinajstić information content (AvgIpc) is 3.24. The van der Waals surface area contributed by atoms with E-state index in [9.17, 15) is 9.59 Å². The lowest BCUT2D eigenvalue weighted by molar-refractivity contribution is -0.120. The van der Waals surface area contributed by atoms with E-state index >= 15 is 0 Å². The summed E-state index contributed by atoms with van der Waals surface area (Å²) in [5, 5.41) is 5.24. The molecule has 132 valence electrons. The number of carbonyl (C=O) groups excluding carboxylic acids is 2. The van der Waals surface area contributed by atoms with Crippen LogP contribution in [0.15, 0.2) is 34.1 Å². The molecule has 0 atom stereocenters. The van der Waals surface area contributed by atoms with Crippen molar-refractivity contribution in [1.29, 1.82) is 0 Å². The van der Waals surface area contributed by atoms with Crippen LogP contribution in [0.5, 0.6) is 17.2 Å². The third-order valence-electron chi connectivity index (χ3n) is 3.24. The molecule has 1 aromatic heterocycles. The summed E-state index contributed by atoms with van der Waals surface area (Å²) in [7, 11) is 0. The van der Waals surface area contributed by atoms with Crippen LogP contribution in [-0.2, 0) is 4.79 Å². The highest BCUT2D eigenvalue weighted by molar-refractivity contribution is 9.11. The number of benzene rings is 1. The molecule has 7 nitrogen and oxygen atoms in total. The highest BCUT2D eigenvalue weighted by Gasteiger charge is 2.14. The summed E-state index contributed by atoms with van der Waals surface area (Å²) in [5.41, 5.74) is 0. The van der Waals surface area contributed by atoms with Crippen LogP contribution in [0.25, 0.3) is 0 Å². The Balaban J connectivity index is 1.33. The Labute approximate surface area is 156 Å². The number of nitrogens with one attached hydrogen (secondary N) is 2. The van der Waals surface area contributed by atoms with E-state index in [0.717, 1.165) is 3.79 Å². The second kappa shape index (κ2) is 8.21. The number of carbonyl (C=O) groups is 2. The molecule has 0 radical (unpaired) electrons. The van der Waals surface area contributed by atoms with E-state index in [1.165, 1.54) is 11.3 Å². The van der Waals surface area contributed by atoms with E-state index in [0.29, 0.717) is 35.3 Å². The van der Waals surface area contributed by atoms with Crippen molar-refractivity contribution in [2.45, 2.75) is 0 Å². The smallest absolute Gasteiger partial charge is 0.261 e. The standard InChI is InChI=1S/C16H15BrN2O5S/c17-14-4-3-13(25-14)16(21)19-8-15(20)18-5-6-22-10-1-2-11-12(7-10)24-9-23-11/h1-4,7H,5-6,8-9H2,(H,18,20)(H,19,21). The molecule has 1 aliphatic rings. The van der Waals surface area contributed by atoms with E-state index < -0.39 is 0 Å². The Morgan fingerprint density at radius 2 is 2.00 bits per heavy atom. The van der Waals surface area contributed by atoms with Gasteiger partial charge in [0.25, 0.3) is 5.91 Å². The first-order chi connectivity index (χ1) is 12.1. The summed E-state index contributed by atoms with van der Waals surface area (Å²) in [6.07, 6.45) is 0. The molecule has 0 saturated carbocycles. The van der Waals surface area contributed by atoms with Crippen molar-refractivity contribution in [2.75, 3.05) is 26.5 Å². The first kappa shape index (κ1) is 17.6. The molecule has 0 saturated heterocycles. The Morgan fingerprint density at radius 1 is 1.16 bits per heavy atom.